The van der Waals surface area contributed by atoms with Gasteiger partial charge in [0.15, 0.2) is 0 Å². The van der Waals surface area contributed by atoms with Crippen molar-refractivity contribution in [2.24, 2.45) is 11.8 Å². The van der Waals surface area contributed by atoms with Gasteiger partial charge in [0.05, 0.1) is 0 Å². The van der Waals surface area contributed by atoms with Crippen LogP contribution in [0.3, 0.4) is 0 Å². The maximum Gasteiger partial charge on any atom is 0.514 e. The Kier molecular flexibility index (Phi) is 8.88. The van der Waals surface area contributed by atoms with Crippen molar-refractivity contribution >= 4 is 6.16 Å². The molecule has 1 aromatic carbocycles. The first-order chi connectivity index (χ1) is 11.3. The summed E-state index contributed by atoms with van der Waals surface area (Å²) in [7, 11) is 0. The van der Waals surface area contributed by atoms with E-state index in [0.717, 1.165) is 25.2 Å². The van der Waals surface area contributed by atoms with Crippen LogP contribution in [0.25, 0.3) is 0 Å². The van der Waals surface area contributed by atoms with Gasteiger partial charge in [0, 0.05) is 0 Å². The zero-order valence-corrected chi connectivity index (χ0v) is 16.0. The number of para-hydroxylation sites is 1. The van der Waals surface area contributed by atoms with Gasteiger partial charge in [-0.05, 0) is 50.2 Å². The Labute approximate surface area is 147 Å². The van der Waals surface area contributed by atoms with Crippen LogP contribution < -0.4 is 4.74 Å². The van der Waals surface area contributed by atoms with E-state index in [1.54, 1.807) is 12.1 Å². The summed E-state index contributed by atoms with van der Waals surface area (Å²) >= 11 is 0. The largest absolute Gasteiger partial charge is 0.514 e. The molecule has 0 heterocycles. The van der Waals surface area contributed by atoms with E-state index in [0.29, 0.717) is 11.7 Å². The van der Waals surface area contributed by atoms with Gasteiger partial charge in [-0.2, -0.15) is 0 Å². The molecule has 2 unspecified atom stereocenters. The second kappa shape index (κ2) is 10.4. The lowest BCUT2D eigenvalue weighted by Crippen LogP contribution is -2.33. The maximum atomic E-state index is 12.0. The zero-order chi connectivity index (χ0) is 18.0. The topological polar surface area (TPSA) is 35.5 Å². The molecule has 0 bridgehead atoms. The minimum Gasteiger partial charge on any atom is -0.428 e. The van der Waals surface area contributed by atoms with Gasteiger partial charge >= 0.3 is 6.16 Å². The monoisotopic (exact) mass is 334 g/mol. The molecular weight excluding hydrogens is 300 g/mol. The summed E-state index contributed by atoms with van der Waals surface area (Å²) in [5, 5.41) is 0. The molecule has 0 saturated heterocycles. The van der Waals surface area contributed by atoms with Crippen LogP contribution in [0.1, 0.15) is 73.1 Å². The molecule has 0 saturated carbocycles. The predicted octanol–water partition coefficient (Wildman–Crippen LogP) is 6.61. The first-order valence-corrected chi connectivity index (χ1v) is 9.30. The molecule has 3 nitrogen and oxygen atoms in total. The number of benzene rings is 1. The van der Waals surface area contributed by atoms with Crippen molar-refractivity contribution in [2.75, 3.05) is 0 Å². The number of rotatable bonds is 10. The smallest absolute Gasteiger partial charge is 0.428 e. The Morgan fingerprint density at radius 1 is 1.08 bits per heavy atom. The molecule has 3 heteroatoms. The van der Waals surface area contributed by atoms with Gasteiger partial charge in [-0.15, -0.1) is 0 Å². The normalized spacial score (nSPS) is 14.9. The summed E-state index contributed by atoms with van der Waals surface area (Å²) in [5.41, 5.74) is -0.460. The lowest BCUT2D eigenvalue weighted by atomic mass is 9.89. The van der Waals surface area contributed by atoms with Crippen LogP contribution in [0.5, 0.6) is 5.75 Å². The maximum absolute atomic E-state index is 12.0. The lowest BCUT2D eigenvalue weighted by molar-refractivity contribution is -0.0136. The van der Waals surface area contributed by atoms with Gasteiger partial charge in [0.25, 0.3) is 0 Å². The molecule has 1 aromatic rings. The van der Waals surface area contributed by atoms with E-state index in [1.807, 2.05) is 25.1 Å². The van der Waals surface area contributed by atoms with Gasteiger partial charge < -0.3 is 9.47 Å². The first-order valence-electron chi connectivity index (χ1n) is 9.30. The standard InChI is InChI=1S/C21H34O3/c1-6-21(5,16-15-18(4)12-10-11-17(2)3)24-20(22)23-19-13-8-7-9-14-19/h7-9,13-14,17-18H,6,10-12,15-16H2,1-5H3. The average molecular weight is 334 g/mol. The number of carbonyl (C=O) groups excluding carboxylic acids is 1. The number of hydrogen-bond donors (Lipinski definition) is 0. The third-order valence-electron chi connectivity index (χ3n) is 4.67. The van der Waals surface area contributed by atoms with Crippen molar-refractivity contribution in [2.45, 2.75) is 78.7 Å². The Bertz CT molecular complexity index is 469. The molecule has 0 N–H and O–H groups in total. The number of carbonyl (C=O) groups is 1. The van der Waals surface area contributed by atoms with E-state index in [-0.39, 0.29) is 0 Å². The number of ether oxygens (including phenoxy) is 2. The number of hydrogen-bond acceptors (Lipinski definition) is 3. The fraction of sp³-hybridized carbons (Fsp3) is 0.667. The third kappa shape index (κ3) is 8.37. The highest BCUT2D eigenvalue weighted by molar-refractivity contribution is 5.64. The molecule has 0 fully saturated rings. The van der Waals surface area contributed by atoms with Gasteiger partial charge in [-0.25, -0.2) is 4.79 Å². The SMILES string of the molecule is CCC(C)(CCC(C)CCCC(C)C)OC(=O)Oc1ccccc1. The molecule has 136 valence electrons. The molecular formula is C21H34O3. The molecule has 1 rings (SSSR count). The van der Waals surface area contributed by atoms with Crippen molar-refractivity contribution in [1.82, 2.24) is 0 Å². The average Bonchev–Trinajstić information content (AvgIpc) is 2.53. The van der Waals surface area contributed by atoms with E-state index in [2.05, 4.69) is 27.7 Å². The molecule has 0 spiro atoms. The lowest BCUT2D eigenvalue weighted by Gasteiger charge is -2.29. The predicted molar refractivity (Wildman–Crippen MR) is 99.3 cm³/mol. The van der Waals surface area contributed by atoms with Gasteiger partial charge in [-0.3, -0.25) is 0 Å². The molecule has 24 heavy (non-hydrogen) atoms. The second-order valence-electron chi connectivity index (χ2n) is 7.54. The van der Waals surface area contributed by atoms with Crippen molar-refractivity contribution < 1.29 is 14.3 Å². The summed E-state index contributed by atoms with van der Waals surface area (Å²) in [6.07, 6.45) is 5.92. The fourth-order valence-electron chi connectivity index (χ4n) is 2.68. The Balaban J connectivity index is 2.40. The second-order valence-corrected chi connectivity index (χ2v) is 7.54. The summed E-state index contributed by atoms with van der Waals surface area (Å²) < 4.78 is 10.9. The summed E-state index contributed by atoms with van der Waals surface area (Å²) in [6.45, 7) is 10.9. The highest BCUT2D eigenvalue weighted by Crippen LogP contribution is 2.27. The Hall–Kier alpha value is -1.51. The quantitative estimate of drug-likeness (QED) is 0.356. The molecule has 0 amide bonds. The Morgan fingerprint density at radius 3 is 2.33 bits per heavy atom. The van der Waals surface area contributed by atoms with E-state index in [9.17, 15) is 4.79 Å². The van der Waals surface area contributed by atoms with E-state index in [4.69, 9.17) is 9.47 Å². The van der Waals surface area contributed by atoms with Crippen molar-refractivity contribution in [1.29, 1.82) is 0 Å². The van der Waals surface area contributed by atoms with Gasteiger partial charge in [0.1, 0.15) is 11.4 Å². The van der Waals surface area contributed by atoms with Gasteiger partial charge in [0.2, 0.25) is 0 Å². The van der Waals surface area contributed by atoms with E-state index in [1.165, 1.54) is 19.3 Å². The van der Waals surface area contributed by atoms with Crippen LogP contribution >= 0.6 is 0 Å². The van der Waals surface area contributed by atoms with Gasteiger partial charge in [-0.1, -0.05) is 65.2 Å². The minimum atomic E-state index is -0.613. The summed E-state index contributed by atoms with van der Waals surface area (Å²) in [4.78, 5) is 12.0. The third-order valence-corrected chi connectivity index (χ3v) is 4.67. The van der Waals surface area contributed by atoms with E-state index >= 15 is 0 Å². The van der Waals surface area contributed by atoms with Crippen LogP contribution in [0.4, 0.5) is 4.79 Å². The highest BCUT2D eigenvalue weighted by Gasteiger charge is 2.28. The summed E-state index contributed by atoms with van der Waals surface area (Å²) in [5.74, 6) is 1.94. The Morgan fingerprint density at radius 2 is 1.75 bits per heavy atom. The van der Waals surface area contributed by atoms with Crippen LogP contribution in [-0.2, 0) is 4.74 Å². The van der Waals surface area contributed by atoms with Crippen LogP contribution in [-0.4, -0.2) is 11.8 Å². The van der Waals surface area contributed by atoms with Crippen molar-refractivity contribution in [3.8, 4) is 5.75 Å². The van der Waals surface area contributed by atoms with Crippen molar-refractivity contribution in [3.05, 3.63) is 30.3 Å². The minimum absolute atomic E-state index is 0.460. The summed E-state index contributed by atoms with van der Waals surface area (Å²) in [6, 6.07) is 9.05. The molecule has 0 aliphatic carbocycles. The van der Waals surface area contributed by atoms with Crippen molar-refractivity contribution in [3.63, 3.8) is 0 Å². The molecule has 0 radical (unpaired) electrons. The highest BCUT2D eigenvalue weighted by atomic mass is 16.7. The molecule has 0 aromatic heterocycles. The van der Waals surface area contributed by atoms with Crippen LogP contribution in [0.15, 0.2) is 30.3 Å². The van der Waals surface area contributed by atoms with E-state index < -0.39 is 11.8 Å². The van der Waals surface area contributed by atoms with Crippen LogP contribution in [0, 0.1) is 11.8 Å². The van der Waals surface area contributed by atoms with Crippen LogP contribution in [0.2, 0.25) is 0 Å². The molecule has 0 aliphatic rings. The first kappa shape index (κ1) is 20.5. The zero-order valence-electron chi connectivity index (χ0n) is 16.0. The molecule has 0 aliphatic heterocycles. The fourth-order valence-corrected chi connectivity index (χ4v) is 2.68. The molecule has 2 atom stereocenters.